The summed E-state index contributed by atoms with van der Waals surface area (Å²) in [5, 5.41) is 13.8. The Morgan fingerprint density at radius 3 is 2.48 bits per heavy atom. The highest BCUT2D eigenvalue weighted by atomic mass is 79.9. The molecule has 4 nitrogen and oxygen atoms in total. The average molecular weight is 353 g/mol. The molecular weight excluding hydrogens is 339 g/mol. The van der Waals surface area contributed by atoms with Crippen LogP contribution in [-0.2, 0) is 6.42 Å². The number of hydrogen-bond acceptors (Lipinski definition) is 3. The molecule has 0 saturated carbocycles. The van der Waals surface area contributed by atoms with Crippen molar-refractivity contribution in [3.8, 4) is 0 Å². The predicted octanol–water partition coefficient (Wildman–Crippen LogP) is 4.00. The van der Waals surface area contributed by atoms with Gasteiger partial charge in [0, 0.05) is 22.6 Å². The molecule has 2 rings (SSSR count). The highest BCUT2D eigenvalue weighted by Crippen LogP contribution is 2.24. The number of hydrogen-bond donors (Lipinski definition) is 1. The molecule has 21 heavy (non-hydrogen) atoms. The molecule has 1 unspecified atom stereocenters. The summed E-state index contributed by atoms with van der Waals surface area (Å²) >= 11 is 3.28. The van der Waals surface area contributed by atoms with Crippen molar-refractivity contribution < 1.29 is 9.31 Å². The summed E-state index contributed by atoms with van der Waals surface area (Å²) in [7, 11) is 1.80. The summed E-state index contributed by atoms with van der Waals surface area (Å²) in [6.45, 7) is 0. The van der Waals surface area contributed by atoms with E-state index in [0.717, 1.165) is 11.1 Å². The Balaban J connectivity index is 2.20. The normalized spacial score (nSPS) is 12.1. The van der Waals surface area contributed by atoms with Gasteiger partial charge in [-0.15, -0.1) is 0 Å². The summed E-state index contributed by atoms with van der Waals surface area (Å²) < 4.78 is 14.2. The molecule has 2 aromatic carbocycles. The lowest BCUT2D eigenvalue weighted by atomic mass is 9.99. The van der Waals surface area contributed by atoms with Crippen molar-refractivity contribution in [1.82, 2.24) is 5.32 Å². The Morgan fingerprint density at radius 1 is 1.29 bits per heavy atom. The predicted molar refractivity (Wildman–Crippen MR) is 82.7 cm³/mol. The van der Waals surface area contributed by atoms with E-state index in [1.165, 1.54) is 24.3 Å². The fraction of sp³-hybridized carbons (Fsp3) is 0.200. The van der Waals surface area contributed by atoms with Crippen LogP contribution in [0.4, 0.5) is 10.1 Å². The third-order valence-corrected chi connectivity index (χ3v) is 3.68. The molecule has 2 aromatic rings. The summed E-state index contributed by atoms with van der Waals surface area (Å²) in [4.78, 5) is 10.2. The van der Waals surface area contributed by atoms with Crippen molar-refractivity contribution in [3.05, 3.63) is 74.0 Å². The number of non-ortho nitro benzene ring substituents is 1. The summed E-state index contributed by atoms with van der Waals surface area (Å²) in [5.41, 5.74) is 1.83. The van der Waals surface area contributed by atoms with Crippen LogP contribution in [0.5, 0.6) is 0 Å². The number of benzene rings is 2. The lowest BCUT2D eigenvalue weighted by molar-refractivity contribution is -0.384. The first-order chi connectivity index (χ1) is 9.99. The van der Waals surface area contributed by atoms with E-state index < -0.39 is 4.92 Å². The maximum absolute atomic E-state index is 13.5. The second-order valence-corrected chi connectivity index (χ2v) is 5.59. The molecule has 0 aromatic heterocycles. The van der Waals surface area contributed by atoms with Crippen molar-refractivity contribution in [2.24, 2.45) is 0 Å². The number of nitrogens with zero attached hydrogens (tertiary/aromatic N) is 1. The first kappa shape index (κ1) is 15.6. The Bertz CT molecular complexity index is 626. The van der Waals surface area contributed by atoms with Crippen LogP contribution in [-0.4, -0.2) is 12.0 Å². The zero-order valence-electron chi connectivity index (χ0n) is 11.3. The zero-order chi connectivity index (χ0) is 15.4. The maximum Gasteiger partial charge on any atom is 0.269 e. The molecule has 0 bridgehead atoms. The van der Waals surface area contributed by atoms with E-state index in [-0.39, 0.29) is 17.5 Å². The fourth-order valence-corrected chi connectivity index (χ4v) is 2.64. The molecule has 0 aliphatic carbocycles. The molecule has 110 valence electrons. The first-order valence-electron chi connectivity index (χ1n) is 6.36. The number of nitrogens with one attached hydrogen (secondary N) is 1. The lowest BCUT2D eigenvalue weighted by Crippen LogP contribution is -2.19. The number of likely N-dealkylation sites (N-methyl/N-ethyl adjacent to an activating group) is 1. The number of nitro benzene ring substituents is 1. The largest absolute Gasteiger partial charge is 0.313 e. The van der Waals surface area contributed by atoms with Crippen molar-refractivity contribution in [2.45, 2.75) is 12.5 Å². The molecule has 0 radical (unpaired) electrons. The molecular formula is C15H14BrFN2O2. The van der Waals surface area contributed by atoms with Crippen LogP contribution in [0.2, 0.25) is 0 Å². The molecule has 0 saturated heterocycles. The van der Waals surface area contributed by atoms with Gasteiger partial charge in [-0.05, 0) is 42.8 Å². The topological polar surface area (TPSA) is 55.2 Å². The van der Waals surface area contributed by atoms with Gasteiger partial charge in [0.1, 0.15) is 5.82 Å². The second-order valence-electron chi connectivity index (χ2n) is 4.67. The minimum atomic E-state index is -0.428. The van der Waals surface area contributed by atoms with Crippen LogP contribution in [0.25, 0.3) is 0 Å². The molecule has 0 amide bonds. The fourth-order valence-electron chi connectivity index (χ4n) is 2.15. The van der Waals surface area contributed by atoms with Crippen LogP contribution in [0, 0.1) is 15.9 Å². The van der Waals surface area contributed by atoms with Gasteiger partial charge >= 0.3 is 0 Å². The maximum atomic E-state index is 13.5. The molecule has 1 N–H and O–H groups in total. The highest BCUT2D eigenvalue weighted by molar-refractivity contribution is 9.10. The third-order valence-electron chi connectivity index (χ3n) is 3.22. The van der Waals surface area contributed by atoms with E-state index in [9.17, 15) is 14.5 Å². The van der Waals surface area contributed by atoms with E-state index in [4.69, 9.17) is 0 Å². The summed E-state index contributed by atoms with van der Waals surface area (Å²) in [6.07, 6.45) is 0.615. The molecule has 1 atom stereocenters. The van der Waals surface area contributed by atoms with E-state index in [1.54, 1.807) is 19.2 Å². The van der Waals surface area contributed by atoms with Crippen molar-refractivity contribution in [1.29, 1.82) is 0 Å². The molecule has 6 heteroatoms. The van der Waals surface area contributed by atoms with Gasteiger partial charge in [0.05, 0.1) is 4.92 Å². The van der Waals surface area contributed by atoms with Gasteiger partial charge in [0.15, 0.2) is 0 Å². The Labute approximate surface area is 130 Å². The molecule has 0 heterocycles. The lowest BCUT2D eigenvalue weighted by Gasteiger charge is -2.17. The van der Waals surface area contributed by atoms with Gasteiger partial charge < -0.3 is 5.32 Å². The number of rotatable bonds is 5. The quantitative estimate of drug-likeness (QED) is 0.653. The van der Waals surface area contributed by atoms with Crippen LogP contribution in [0.1, 0.15) is 17.2 Å². The molecule has 0 spiro atoms. The minimum Gasteiger partial charge on any atom is -0.313 e. The Kier molecular flexibility index (Phi) is 5.03. The third kappa shape index (κ3) is 4.09. The van der Waals surface area contributed by atoms with Crippen LogP contribution < -0.4 is 5.32 Å². The van der Waals surface area contributed by atoms with E-state index >= 15 is 0 Å². The Morgan fingerprint density at radius 2 is 1.95 bits per heavy atom. The van der Waals surface area contributed by atoms with E-state index in [0.29, 0.717) is 10.9 Å². The van der Waals surface area contributed by atoms with Crippen LogP contribution >= 0.6 is 15.9 Å². The van der Waals surface area contributed by atoms with Gasteiger partial charge in [-0.3, -0.25) is 10.1 Å². The van der Waals surface area contributed by atoms with Crippen molar-refractivity contribution >= 4 is 21.6 Å². The standard InChI is InChI=1S/C15H14BrFN2O2/c1-18-15(11-7-12(16)9-13(17)8-11)6-10-2-4-14(5-3-10)19(20)21/h2-5,7-9,15,18H,6H2,1H3. The van der Waals surface area contributed by atoms with Gasteiger partial charge in [-0.1, -0.05) is 28.1 Å². The van der Waals surface area contributed by atoms with Gasteiger partial charge in [-0.25, -0.2) is 4.39 Å². The number of halogens is 2. The molecule has 0 aliphatic rings. The van der Waals surface area contributed by atoms with Crippen LogP contribution in [0.15, 0.2) is 46.9 Å². The van der Waals surface area contributed by atoms with Crippen molar-refractivity contribution in [2.75, 3.05) is 7.05 Å². The molecule has 0 aliphatic heterocycles. The Hall–Kier alpha value is -1.79. The minimum absolute atomic E-state index is 0.0632. The second kappa shape index (κ2) is 6.78. The van der Waals surface area contributed by atoms with Gasteiger partial charge in [0.2, 0.25) is 0 Å². The van der Waals surface area contributed by atoms with E-state index in [2.05, 4.69) is 21.2 Å². The van der Waals surface area contributed by atoms with Gasteiger partial charge in [0.25, 0.3) is 5.69 Å². The summed E-state index contributed by atoms with van der Waals surface area (Å²) in [5.74, 6) is -0.302. The number of nitro groups is 1. The SMILES string of the molecule is CNC(Cc1ccc([N+](=O)[O-])cc1)c1cc(F)cc(Br)c1. The zero-order valence-corrected chi connectivity index (χ0v) is 12.9. The summed E-state index contributed by atoms with van der Waals surface area (Å²) in [6, 6.07) is 11.1. The van der Waals surface area contributed by atoms with Gasteiger partial charge in [-0.2, -0.15) is 0 Å². The highest BCUT2D eigenvalue weighted by Gasteiger charge is 2.13. The van der Waals surface area contributed by atoms with Crippen LogP contribution in [0.3, 0.4) is 0 Å². The monoisotopic (exact) mass is 352 g/mol. The van der Waals surface area contributed by atoms with E-state index in [1.807, 2.05) is 6.07 Å². The molecule has 0 fully saturated rings. The smallest absolute Gasteiger partial charge is 0.269 e. The first-order valence-corrected chi connectivity index (χ1v) is 7.15. The average Bonchev–Trinajstić information content (AvgIpc) is 2.44. The van der Waals surface area contributed by atoms with Crippen molar-refractivity contribution in [3.63, 3.8) is 0 Å².